The SMILES string of the molecule is CCCC.FCl. The molecule has 0 saturated heterocycles. The fraction of sp³-hybridized carbons (Fsp3) is 1.00. The van der Waals surface area contributed by atoms with Crippen LogP contribution >= 0.6 is 12.0 Å². The van der Waals surface area contributed by atoms with Gasteiger partial charge >= 0.3 is 0 Å². The van der Waals surface area contributed by atoms with Gasteiger partial charge in [-0.05, 0) is 0 Å². The molecule has 0 aliphatic carbocycles. The van der Waals surface area contributed by atoms with Crippen molar-refractivity contribution in [2.45, 2.75) is 26.7 Å². The van der Waals surface area contributed by atoms with Crippen molar-refractivity contribution in [3.05, 3.63) is 0 Å². The first-order chi connectivity index (χ1) is 2.91. The zero-order valence-electron chi connectivity index (χ0n) is 4.17. The van der Waals surface area contributed by atoms with Crippen molar-refractivity contribution in [1.82, 2.24) is 0 Å². The minimum Gasteiger partial charge on any atom is -0.116 e. The summed E-state index contributed by atoms with van der Waals surface area (Å²) in [6.07, 6.45) is 2.64. The van der Waals surface area contributed by atoms with Crippen molar-refractivity contribution in [2.24, 2.45) is 0 Å². The molecule has 0 aliphatic rings. The van der Waals surface area contributed by atoms with Crippen LogP contribution in [0.5, 0.6) is 0 Å². The Balaban J connectivity index is 0. The van der Waals surface area contributed by atoms with Gasteiger partial charge in [-0.3, -0.25) is 0 Å². The summed E-state index contributed by atoms with van der Waals surface area (Å²) in [5, 5.41) is 0. The first-order valence-corrected chi connectivity index (χ1v) is 2.34. The van der Waals surface area contributed by atoms with Gasteiger partial charge in [0.15, 0.2) is 0 Å². The summed E-state index contributed by atoms with van der Waals surface area (Å²) in [4.78, 5) is 0. The third-order valence-electron chi connectivity index (χ3n) is 0.500. The highest BCUT2D eigenvalue weighted by atomic mass is 35.5. The normalized spacial score (nSPS) is 6.00. The van der Waals surface area contributed by atoms with E-state index < -0.39 is 0 Å². The van der Waals surface area contributed by atoms with Gasteiger partial charge in [0, 0.05) is 0 Å². The number of unbranched alkanes of at least 4 members (excludes halogenated alkanes) is 1. The van der Waals surface area contributed by atoms with Gasteiger partial charge in [-0.25, -0.2) is 0 Å². The van der Waals surface area contributed by atoms with E-state index in [-0.39, 0.29) is 0 Å². The Morgan fingerprint density at radius 3 is 1.33 bits per heavy atom. The Morgan fingerprint density at radius 2 is 1.33 bits per heavy atom. The van der Waals surface area contributed by atoms with Crippen LogP contribution in [0.3, 0.4) is 0 Å². The molecule has 0 radical (unpaired) electrons. The highest BCUT2D eigenvalue weighted by Crippen LogP contribution is 1.76. The van der Waals surface area contributed by atoms with Crippen LogP contribution in [-0.2, 0) is 0 Å². The minimum atomic E-state index is 1.32. The lowest BCUT2D eigenvalue weighted by Gasteiger charge is -1.68. The molecule has 0 heterocycles. The van der Waals surface area contributed by atoms with Crippen molar-refractivity contribution in [1.29, 1.82) is 0 Å². The summed E-state index contributed by atoms with van der Waals surface area (Å²) in [5.74, 6) is 0. The van der Waals surface area contributed by atoms with Gasteiger partial charge in [0.1, 0.15) is 12.0 Å². The number of hydrogen-bond acceptors (Lipinski definition) is 0. The van der Waals surface area contributed by atoms with Gasteiger partial charge in [-0.15, -0.1) is 3.98 Å². The molecule has 0 unspecified atom stereocenters. The average molecular weight is 113 g/mol. The van der Waals surface area contributed by atoms with Gasteiger partial charge < -0.3 is 0 Å². The monoisotopic (exact) mass is 112 g/mol. The van der Waals surface area contributed by atoms with Crippen LogP contribution < -0.4 is 0 Å². The van der Waals surface area contributed by atoms with Gasteiger partial charge in [-0.2, -0.15) is 0 Å². The molecule has 0 rings (SSSR count). The fourth-order valence-corrected chi connectivity index (χ4v) is 0. The zero-order valence-corrected chi connectivity index (χ0v) is 4.93. The molecular formula is C4H10ClF. The average Bonchev–Trinajstić information content (AvgIpc) is 1.72. The second-order valence-electron chi connectivity index (χ2n) is 1.000. The standard InChI is InChI=1S/C4H10.ClF/c1-3-4-2;1-2/h3-4H2,1-2H3;. The Bertz CT molecular complexity index is 9.51. The van der Waals surface area contributed by atoms with E-state index in [0.29, 0.717) is 0 Å². The maximum Gasteiger partial charge on any atom is 0.116 e. The minimum absolute atomic E-state index is 1.32. The van der Waals surface area contributed by atoms with Gasteiger partial charge in [0.25, 0.3) is 0 Å². The van der Waals surface area contributed by atoms with Crippen LogP contribution in [0.25, 0.3) is 0 Å². The van der Waals surface area contributed by atoms with Crippen molar-refractivity contribution >= 4 is 12.0 Å². The van der Waals surface area contributed by atoms with E-state index in [2.05, 4.69) is 25.8 Å². The summed E-state index contributed by atoms with van der Waals surface area (Å²) in [7, 11) is 0. The number of hydrogen-bond donors (Lipinski definition) is 0. The van der Waals surface area contributed by atoms with E-state index in [1.165, 1.54) is 12.8 Å². The number of rotatable bonds is 1. The van der Waals surface area contributed by atoms with Crippen molar-refractivity contribution < 1.29 is 3.98 Å². The predicted octanol–water partition coefficient (Wildman–Crippen LogP) is 2.92. The Kier molecular flexibility index (Phi) is 29.9. The molecule has 2 heteroatoms. The molecular weight excluding hydrogens is 102 g/mol. The molecule has 0 bridgehead atoms. The van der Waals surface area contributed by atoms with E-state index >= 15 is 0 Å². The third-order valence-corrected chi connectivity index (χ3v) is 0.500. The molecule has 0 spiro atoms. The van der Waals surface area contributed by atoms with E-state index in [0.717, 1.165) is 0 Å². The molecule has 0 amide bonds. The molecule has 0 aromatic carbocycles. The van der Waals surface area contributed by atoms with Crippen molar-refractivity contribution in [3.8, 4) is 0 Å². The van der Waals surface area contributed by atoms with Crippen LogP contribution in [0.15, 0.2) is 0 Å². The lowest BCUT2D eigenvalue weighted by atomic mass is 10.4. The van der Waals surface area contributed by atoms with E-state index in [4.69, 9.17) is 3.98 Å². The summed E-state index contributed by atoms with van der Waals surface area (Å²) < 4.78 is 8.97. The molecule has 0 N–H and O–H groups in total. The zero-order chi connectivity index (χ0) is 5.41. The second kappa shape index (κ2) is 18.9. The van der Waals surface area contributed by atoms with E-state index in [1.54, 1.807) is 0 Å². The summed E-state index contributed by atoms with van der Waals surface area (Å²) in [5.41, 5.74) is 0. The van der Waals surface area contributed by atoms with Crippen LogP contribution in [0.4, 0.5) is 3.98 Å². The largest absolute Gasteiger partial charge is 0.116 e. The first-order valence-electron chi connectivity index (χ1n) is 2.06. The van der Waals surface area contributed by atoms with Gasteiger partial charge in [0.05, 0.1) is 0 Å². The molecule has 0 nitrogen and oxygen atoms in total. The van der Waals surface area contributed by atoms with Crippen LogP contribution in [0.2, 0.25) is 0 Å². The Labute approximate surface area is 43.6 Å². The van der Waals surface area contributed by atoms with Crippen LogP contribution in [-0.4, -0.2) is 0 Å². The highest BCUT2D eigenvalue weighted by molar-refractivity contribution is 6.06. The molecule has 0 aliphatic heterocycles. The topological polar surface area (TPSA) is 0 Å². The molecule has 0 aromatic rings. The second-order valence-corrected chi connectivity index (χ2v) is 1.000. The van der Waals surface area contributed by atoms with Gasteiger partial charge in [-0.1, -0.05) is 26.7 Å². The maximum atomic E-state index is 8.97. The van der Waals surface area contributed by atoms with Crippen LogP contribution in [0.1, 0.15) is 26.7 Å². The Hall–Kier alpha value is 0.220. The molecule has 6 heavy (non-hydrogen) atoms. The first kappa shape index (κ1) is 9.52. The number of halogens is 2. The quantitative estimate of drug-likeness (QED) is 0.489. The van der Waals surface area contributed by atoms with Crippen LogP contribution in [0, 0.1) is 0 Å². The molecule has 40 valence electrons. The summed E-state index contributed by atoms with van der Waals surface area (Å²) in [6.45, 7) is 4.36. The molecule has 0 aromatic heterocycles. The summed E-state index contributed by atoms with van der Waals surface area (Å²) in [6, 6.07) is 0. The van der Waals surface area contributed by atoms with E-state index in [9.17, 15) is 0 Å². The van der Waals surface area contributed by atoms with Gasteiger partial charge in [0.2, 0.25) is 0 Å². The summed E-state index contributed by atoms with van der Waals surface area (Å²) >= 11 is 3.14. The maximum absolute atomic E-state index is 8.97. The van der Waals surface area contributed by atoms with Crippen molar-refractivity contribution in [3.63, 3.8) is 0 Å². The van der Waals surface area contributed by atoms with E-state index in [1.807, 2.05) is 0 Å². The lowest BCUT2D eigenvalue weighted by Crippen LogP contribution is -1.47. The molecule has 0 saturated carbocycles. The molecule has 0 fully saturated rings. The van der Waals surface area contributed by atoms with Crippen molar-refractivity contribution in [2.75, 3.05) is 0 Å². The lowest BCUT2D eigenvalue weighted by molar-refractivity contribution is 0.886. The smallest absolute Gasteiger partial charge is 0.116 e. The fourth-order valence-electron chi connectivity index (χ4n) is 0. The Morgan fingerprint density at radius 1 is 1.17 bits per heavy atom. The predicted molar refractivity (Wildman–Crippen MR) is 27.5 cm³/mol. The highest BCUT2D eigenvalue weighted by Gasteiger charge is 1.56. The third kappa shape index (κ3) is 29.4. The molecule has 0 atom stereocenters.